The number of hydrogen-bond acceptors (Lipinski definition) is 8. The van der Waals surface area contributed by atoms with Crippen LogP contribution in [0.2, 0.25) is 0 Å². The molecule has 4 heterocycles. The monoisotopic (exact) mass is 406 g/mol. The summed E-state index contributed by atoms with van der Waals surface area (Å²) in [5.41, 5.74) is 5.65. The first-order valence-corrected chi connectivity index (χ1v) is 10.3. The third kappa shape index (κ3) is 3.88. The fourth-order valence-corrected chi connectivity index (χ4v) is 4.02. The Bertz CT molecular complexity index is 1070. The Hall–Kier alpha value is -2.97. The summed E-state index contributed by atoms with van der Waals surface area (Å²) >= 11 is 0. The zero-order chi connectivity index (χ0) is 20.6. The third-order valence-electron chi connectivity index (χ3n) is 5.77. The molecule has 1 saturated heterocycles. The van der Waals surface area contributed by atoms with Crippen LogP contribution in [-0.4, -0.2) is 51.6 Å². The number of piperidine rings is 1. The first-order valence-electron chi connectivity index (χ1n) is 10.3. The number of nitrogens with one attached hydrogen (secondary N) is 1. The van der Waals surface area contributed by atoms with Gasteiger partial charge < -0.3 is 14.2 Å². The number of guanidine groups is 1. The Balaban J connectivity index is 1.42. The molecule has 1 fully saturated rings. The van der Waals surface area contributed by atoms with E-state index in [1.54, 1.807) is 6.26 Å². The zero-order valence-corrected chi connectivity index (χ0v) is 17.3. The van der Waals surface area contributed by atoms with Crippen molar-refractivity contribution in [3.8, 4) is 0 Å². The van der Waals surface area contributed by atoms with E-state index in [0.717, 1.165) is 48.5 Å². The van der Waals surface area contributed by atoms with Gasteiger partial charge in [0.25, 0.3) is 0 Å². The van der Waals surface area contributed by atoms with Gasteiger partial charge in [0, 0.05) is 51.0 Å². The molecular weight excluding hydrogens is 380 g/mol. The van der Waals surface area contributed by atoms with Gasteiger partial charge in [-0.15, -0.1) is 0 Å². The first kappa shape index (κ1) is 19.0. The fraction of sp³-hybridized carbons (Fsp3) is 0.409. The van der Waals surface area contributed by atoms with Crippen molar-refractivity contribution >= 4 is 16.9 Å². The highest BCUT2D eigenvalue weighted by molar-refractivity contribution is 5.81. The van der Waals surface area contributed by atoms with E-state index in [9.17, 15) is 0 Å². The van der Waals surface area contributed by atoms with Gasteiger partial charge in [-0.2, -0.15) is 0 Å². The number of likely N-dealkylation sites (tertiary alicyclic amines) is 1. The molecule has 5 rings (SSSR count). The minimum atomic E-state index is -0.479. The molecule has 0 atom stereocenters. The molecule has 2 aliphatic rings. The molecule has 8 heteroatoms. The van der Waals surface area contributed by atoms with Crippen LogP contribution in [0.1, 0.15) is 30.0 Å². The summed E-state index contributed by atoms with van der Waals surface area (Å²) < 4.78 is 5.41. The standard InChI is InChI=1S/C22H26N6O2/c1-16-24-19(15-29-16)14-28(13-17-5-6-20-18(12-17)4-3-9-23-20)21-25-22(30-26-21)7-10-27(2)11-8-22/h3-6,9,12,15H,7-8,10-11,13-14H2,1-2H3,(H,25,26). The SMILES string of the molecule is Cc1nc(CN(Cc2ccc3ncccc3c2)C2=NC3(CCN(C)CC3)ON2)co1. The van der Waals surface area contributed by atoms with E-state index in [4.69, 9.17) is 14.2 Å². The topological polar surface area (TPSA) is 79.0 Å². The van der Waals surface area contributed by atoms with Crippen LogP contribution in [0, 0.1) is 6.92 Å². The zero-order valence-electron chi connectivity index (χ0n) is 17.3. The molecule has 0 aliphatic carbocycles. The Kier molecular flexibility index (Phi) is 4.88. The lowest BCUT2D eigenvalue weighted by molar-refractivity contribution is -0.0875. The van der Waals surface area contributed by atoms with Crippen molar-refractivity contribution in [2.24, 2.45) is 4.99 Å². The number of hydroxylamine groups is 1. The highest BCUT2D eigenvalue weighted by Crippen LogP contribution is 2.30. The number of rotatable bonds is 4. The summed E-state index contributed by atoms with van der Waals surface area (Å²) in [5, 5.41) is 1.12. The molecule has 0 radical (unpaired) electrons. The molecule has 8 nitrogen and oxygen atoms in total. The van der Waals surface area contributed by atoms with Crippen LogP contribution in [0.5, 0.6) is 0 Å². The molecule has 30 heavy (non-hydrogen) atoms. The summed E-state index contributed by atoms with van der Waals surface area (Å²) in [7, 11) is 2.13. The van der Waals surface area contributed by atoms with Gasteiger partial charge in [-0.1, -0.05) is 12.1 Å². The maximum absolute atomic E-state index is 6.00. The van der Waals surface area contributed by atoms with Crippen molar-refractivity contribution in [2.45, 2.75) is 38.6 Å². The molecule has 1 spiro atoms. The van der Waals surface area contributed by atoms with Crippen LogP contribution in [0.15, 0.2) is 52.2 Å². The van der Waals surface area contributed by atoms with E-state index in [2.05, 4.69) is 56.6 Å². The van der Waals surface area contributed by atoms with Gasteiger partial charge in [0.2, 0.25) is 5.96 Å². The summed E-state index contributed by atoms with van der Waals surface area (Å²) in [6.45, 7) is 5.04. The van der Waals surface area contributed by atoms with Crippen LogP contribution in [0.25, 0.3) is 10.9 Å². The largest absolute Gasteiger partial charge is 0.449 e. The second-order valence-electron chi connectivity index (χ2n) is 8.13. The fourth-order valence-electron chi connectivity index (χ4n) is 4.02. The summed E-state index contributed by atoms with van der Waals surface area (Å²) in [5.74, 6) is 1.40. The molecule has 0 saturated carbocycles. The van der Waals surface area contributed by atoms with Crippen molar-refractivity contribution in [1.29, 1.82) is 0 Å². The van der Waals surface area contributed by atoms with Crippen molar-refractivity contribution in [2.75, 3.05) is 20.1 Å². The van der Waals surface area contributed by atoms with E-state index in [1.807, 2.05) is 19.2 Å². The molecular formula is C22H26N6O2. The maximum Gasteiger partial charge on any atom is 0.222 e. The third-order valence-corrected chi connectivity index (χ3v) is 5.77. The number of benzene rings is 1. The number of oxazole rings is 1. The molecule has 3 aromatic rings. The highest BCUT2D eigenvalue weighted by atomic mass is 16.7. The van der Waals surface area contributed by atoms with Gasteiger partial charge >= 0.3 is 0 Å². The molecule has 1 aromatic carbocycles. The maximum atomic E-state index is 6.00. The molecule has 0 unspecified atom stereocenters. The van der Waals surface area contributed by atoms with Gasteiger partial charge in [-0.25, -0.2) is 20.3 Å². The van der Waals surface area contributed by atoms with Crippen LogP contribution in [-0.2, 0) is 17.9 Å². The van der Waals surface area contributed by atoms with E-state index >= 15 is 0 Å². The molecule has 1 N–H and O–H groups in total. The minimum Gasteiger partial charge on any atom is -0.449 e. The van der Waals surface area contributed by atoms with Gasteiger partial charge in [0.15, 0.2) is 11.6 Å². The van der Waals surface area contributed by atoms with E-state index in [-0.39, 0.29) is 0 Å². The highest BCUT2D eigenvalue weighted by Gasteiger charge is 2.40. The number of fused-ring (bicyclic) bond motifs is 1. The number of pyridine rings is 1. The van der Waals surface area contributed by atoms with Crippen LogP contribution < -0.4 is 5.48 Å². The predicted octanol–water partition coefficient (Wildman–Crippen LogP) is 2.85. The van der Waals surface area contributed by atoms with Crippen LogP contribution >= 0.6 is 0 Å². The van der Waals surface area contributed by atoms with Gasteiger partial charge in [0.05, 0.1) is 17.8 Å². The number of nitrogens with zero attached hydrogens (tertiary/aromatic N) is 5. The Morgan fingerprint density at radius 1 is 1.20 bits per heavy atom. The Morgan fingerprint density at radius 3 is 2.87 bits per heavy atom. The van der Waals surface area contributed by atoms with Gasteiger partial charge in [-0.3, -0.25) is 4.98 Å². The average molecular weight is 406 g/mol. The van der Waals surface area contributed by atoms with Crippen molar-refractivity contribution < 1.29 is 9.25 Å². The lowest BCUT2D eigenvalue weighted by atomic mass is 10.0. The normalized spacial score (nSPS) is 18.5. The number of hydrogen-bond donors (Lipinski definition) is 1. The lowest BCUT2D eigenvalue weighted by Crippen LogP contribution is -2.43. The summed E-state index contributed by atoms with van der Waals surface area (Å²) in [6.07, 6.45) is 5.27. The van der Waals surface area contributed by atoms with E-state index in [1.165, 1.54) is 5.56 Å². The van der Waals surface area contributed by atoms with E-state index in [0.29, 0.717) is 19.0 Å². The molecule has 2 aliphatic heterocycles. The van der Waals surface area contributed by atoms with Gasteiger partial charge in [-0.05, 0) is 30.8 Å². The van der Waals surface area contributed by atoms with Crippen molar-refractivity contribution in [1.82, 2.24) is 25.2 Å². The Labute approximate surface area is 175 Å². The lowest BCUT2D eigenvalue weighted by Gasteiger charge is -2.33. The van der Waals surface area contributed by atoms with Crippen LogP contribution in [0.4, 0.5) is 0 Å². The predicted molar refractivity (Wildman–Crippen MR) is 113 cm³/mol. The quantitative estimate of drug-likeness (QED) is 0.714. The molecule has 0 amide bonds. The van der Waals surface area contributed by atoms with Gasteiger partial charge in [0.1, 0.15) is 6.26 Å². The number of aryl methyl sites for hydroxylation is 1. The number of aliphatic imine (C=N–C) groups is 1. The Morgan fingerprint density at radius 2 is 2.07 bits per heavy atom. The smallest absolute Gasteiger partial charge is 0.222 e. The number of aromatic nitrogens is 2. The minimum absolute atomic E-state index is 0.479. The molecule has 2 aromatic heterocycles. The summed E-state index contributed by atoms with van der Waals surface area (Å²) in [6, 6.07) is 10.4. The second kappa shape index (κ2) is 7.70. The second-order valence-corrected chi connectivity index (χ2v) is 8.13. The van der Waals surface area contributed by atoms with Crippen molar-refractivity contribution in [3.05, 3.63) is 59.9 Å². The molecule has 156 valence electrons. The summed E-state index contributed by atoms with van der Waals surface area (Å²) in [4.78, 5) is 24.3. The van der Waals surface area contributed by atoms with Crippen molar-refractivity contribution in [3.63, 3.8) is 0 Å². The average Bonchev–Trinajstić information content (AvgIpc) is 3.36. The molecule has 0 bridgehead atoms. The van der Waals surface area contributed by atoms with Crippen LogP contribution in [0.3, 0.4) is 0 Å². The first-order chi connectivity index (χ1) is 14.6. The van der Waals surface area contributed by atoms with E-state index < -0.39 is 5.72 Å².